The molecule has 0 spiro atoms. The van der Waals surface area contributed by atoms with Crippen molar-refractivity contribution in [1.82, 2.24) is 15.3 Å². The van der Waals surface area contributed by atoms with Gasteiger partial charge in [-0.15, -0.1) is 0 Å². The zero-order valence-electron chi connectivity index (χ0n) is 18.4. The highest BCUT2D eigenvalue weighted by Crippen LogP contribution is 2.40. The Hall–Kier alpha value is -3.79. The number of piperidine rings is 1. The van der Waals surface area contributed by atoms with E-state index in [2.05, 4.69) is 15.3 Å². The van der Waals surface area contributed by atoms with E-state index in [4.69, 9.17) is 21.1 Å². The molecule has 8 nitrogen and oxygen atoms in total. The smallest absolute Gasteiger partial charge is 0.408 e. The number of carbonyl (C=O) groups excluding carboxylic acids is 2. The summed E-state index contributed by atoms with van der Waals surface area (Å²) in [7, 11) is 1.25. The van der Waals surface area contributed by atoms with E-state index in [0.29, 0.717) is 29.9 Å². The predicted molar refractivity (Wildman–Crippen MR) is 122 cm³/mol. The SMILES string of the molecule is COC(=O)c1cc(-c2ccc(F)c(F)c2)ncc1N1CCC2OC(=O)NC2(c2cccc(Cl)n2)C1. The second-order valence-electron chi connectivity index (χ2n) is 8.25. The molecule has 2 aliphatic heterocycles. The van der Waals surface area contributed by atoms with E-state index in [1.54, 1.807) is 18.2 Å². The number of esters is 1. The first-order valence-corrected chi connectivity index (χ1v) is 11.1. The molecule has 180 valence electrons. The number of anilines is 1. The summed E-state index contributed by atoms with van der Waals surface area (Å²) >= 11 is 6.12. The van der Waals surface area contributed by atoms with Crippen molar-refractivity contribution in [2.45, 2.75) is 18.1 Å². The number of halogens is 3. The van der Waals surface area contributed by atoms with Crippen molar-refractivity contribution in [2.24, 2.45) is 0 Å². The minimum Gasteiger partial charge on any atom is -0.465 e. The van der Waals surface area contributed by atoms with Crippen molar-refractivity contribution in [3.8, 4) is 11.3 Å². The van der Waals surface area contributed by atoms with Gasteiger partial charge in [-0.1, -0.05) is 17.7 Å². The van der Waals surface area contributed by atoms with Crippen LogP contribution in [0.1, 0.15) is 22.5 Å². The summed E-state index contributed by atoms with van der Waals surface area (Å²) in [5.41, 5.74) is 0.717. The third kappa shape index (κ3) is 4.03. The van der Waals surface area contributed by atoms with Gasteiger partial charge in [0, 0.05) is 18.5 Å². The quantitative estimate of drug-likeness (QED) is 0.426. The van der Waals surface area contributed by atoms with Gasteiger partial charge in [-0.2, -0.15) is 0 Å². The van der Waals surface area contributed by atoms with Gasteiger partial charge in [0.1, 0.15) is 16.8 Å². The average molecular weight is 501 g/mol. The number of methoxy groups -OCH3 is 1. The molecule has 0 aliphatic carbocycles. The van der Waals surface area contributed by atoms with Crippen LogP contribution in [0.2, 0.25) is 5.15 Å². The molecule has 1 aromatic carbocycles. The van der Waals surface area contributed by atoms with Crippen LogP contribution in [0.5, 0.6) is 0 Å². The summed E-state index contributed by atoms with van der Waals surface area (Å²) in [6.07, 6.45) is 0.852. The van der Waals surface area contributed by atoms with Crippen LogP contribution in [0.15, 0.2) is 48.7 Å². The molecule has 2 unspecified atom stereocenters. The number of alkyl carbamates (subject to hydrolysis) is 1. The van der Waals surface area contributed by atoms with Crippen LogP contribution in [0.3, 0.4) is 0 Å². The van der Waals surface area contributed by atoms with Gasteiger partial charge >= 0.3 is 12.1 Å². The minimum absolute atomic E-state index is 0.181. The summed E-state index contributed by atoms with van der Waals surface area (Å²) in [5.74, 6) is -2.64. The number of hydrogen-bond donors (Lipinski definition) is 1. The first-order valence-electron chi connectivity index (χ1n) is 10.7. The highest BCUT2D eigenvalue weighted by Gasteiger charge is 2.54. The van der Waals surface area contributed by atoms with E-state index >= 15 is 0 Å². The van der Waals surface area contributed by atoms with E-state index < -0.39 is 35.3 Å². The van der Waals surface area contributed by atoms with Crippen molar-refractivity contribution < 1.29 is 27.8 Å². The second-order valence-corrected chi connectivity index (χ2v) is 8.64. The Morgan fingerprint density at radius 1 is 1.26 bits per heavy atom. The fourth-order valence-electron chi connectivity index (χ4n) is 4.58. The molecule has 2 aliphatic rings. The van der Waals surface area contributed by atoms with Gasteiger partial charge in [0.25, 0.3) is 0 Å². The Morgan fingerprint density at radius 3 is 2.83 bits per heavy atom. The fraction of sp³-hybridized carbons (Fsp3) is 0.250. The average Bonchev–Trinajstić information content (AvgIpc) is 3.21. The monoisotopic (exact) mass is 500 g/mol. The Bertz CT molecular complexity index is 1340. The number of pyridine rings is 2. The summed E-state index contributed by atoms with van der Waals surface area (Å²) in [6, 6.07) is 9.96. The lowest BCUT2D eigenvalue weighted by Crippen LogP contribution is -2.59. The van der Waals surface area contributed by atoms with Gasteiger partial charge in [-0.25, -0.2) is 23.4 Å². The number of carbonyl (C=O) groups is 2. The van der Waals surface area contributed by atoms with Gasteiger partial charge in [0.2, 0.25) is 0 Å². The second kappa shape index (κ2) is 8.77. The number of fused-ring (bicyclic) bond motifs is 1. The largest absolute Gasteiger partial charge is 0.465 e. The molecule has 0 bridgehead atoms. The van der Waals surface area contributed by atoms with Gasteiger partial charge in [-0.3, -0.25) is 4.98 Å². The molecule has 2 aromatic heterocycles. The van der Waals surface area contributed by atoms with Crippen LogP contribution in [0.25, 0.3) is 11.3 Å². The van der Waals surface area contributed by atoms with Crippen molar-refractivity contribution >= 4 is 29.4 Å². The van der Waals surface area contributed by atoms with E-state index in [-0.39, 0.29) is 23.0 Å². The zero-order chi connectivity index (χ0) is 24.7. The maximum Gasteiger partial charge on any atom is 0.408 e. The van der Waals surface area contributed by atoms with Crippen LogP contribution < -0.4 is 10.2 Å². The third-order valence-corrected chi connectivity index (χ3v) is 6.45. The molecule has 11 heteroatoms. The molecular weight excluding hydrogens is 482 g/mol. The predicted octanol–water partition coefficient (Wildman–Crippen LogP) is 4.08. The van der Waals surface area contributed by atoms with Gasteiger partial charge in [0.05, 0.1) is 42.5 Å². The standard InChI is InChI=1S/C24H19ClF2N4O4/c1-34-22(32)14-10-17(13-5-6-15(26)16(27)9-13)28-11-18(14)31-8-7-20-24(12-31,30-23(33)35-20)19-3-2-4-21(25)29-19/h2-6,9-11,20H,7-8,12H2,1H3,(H,30,33). The zero-order valence-corrected chi connectivity index (χ0v) is 19.2. The van der Waals surface area contributed by atoms with Crippen molar-refractivity contribution in [3.63, 3.8) is 0 Å². The molecule has 2 fully saturated rings. The number of nitrogens with one attached hydrogen (secondary N) is 1. The summed E-state index contributed by atoms with van der Waals surface area (Å²) in [5, 5.41) is 3.15. The Balaban J connectivity index is 1.56. The van der Waals surface area contributed by atoms with E-state index in [1.807, 2.05) is 4.90 Å². The van der Waals surface area contributed by atoms with E-state index in [9.17, 15) is 18.4 Å². The topological polar surface area (TPSA) is 93.6 Å². The number of aromatic nitrogens is 2. The first kappa shape index (κ1) is 23.0. The molecule has 2 saturated heterocycles. The third-order valence-electron chi connectivity index (χ3n) is 6.24. The number of rotatable bonds is 4. The van der Waals surface area contributed by atoms with Gasteiger partial charge < -0.3 is 19.7 Å². The Labute approximate surface area is 203 Å². The molecule has 0 radical (unpaired) electrons. The molecule has 35 heavy (non-hydrogen) atoms. The molecule has 3 aromatic rings. The van der Waals surface area contributed by atoms with Crippen molar-refractivity contribution in [3.05, 3.63) is 76.7 Å². The van der Waals surface area contributed by atoms with Crippen LogP contribution in [-0.2, 0) is 15.0 Å². The summed E-state index contributed by atoms with van der Waals surface area (Å²) in [6.45, 7) is 0.658. The number of nitrogens with zero attached hydrogens (tertiary/aromatic N) is 3. The number of benzene rings is 1. The maximum atomic E-state index is 13.8. The lowest BCUT2D eigenvalue weighted by molar-refractivity contribution is 0.0600. The van der Waals surface area contributed by atoms with Crippen molar-refractivity contribution in [2.75, 3.05) is 25.1 Å². The van der Waals surface area contributed by atoms with Gasteiger partial charge in [0.15, 0.2) is 11.6 Å². The molecule has 5 rings (SSSR count). The number of amides is 1. The highest BCUT2D eigenvalue weighted by molar-refractivity contribution is 6.29. The summed E-state index contributed by atoms with van der Waals surface area (Å²) in [4.78, 5) is 35.6. The molecule has 1 amide bonds. The van der Waals surface area contributed by atoms with Crippen LogP contribution in [0.4, 0.5) is 19.3 Å². The molecular formula is C24H19ClF2N4O4. The minimum atomic E-state index is -1.02. The maximum absolute atomic E-state index is 13.8. The normalized spacial score (nSPS) is 21.2. The van der Waals surface area contributed by atoms with Crippen molar-refractivity contribution in [1.29, 1.82) is 0 Å². The number of hydrogen-bond acceptors (Lipinski definition) is 7. The molecule has 1 N–H and O–H groups in total. The highest BCUT2D eigenvalue weighted by atomic mass is 35.5. The summed E-state index contributed by atoms with van der Waals surface area (Å²) < 4.78 is 37.7. The fourth-order valence-corrected chi connectivity index (χ4v) is 4.74. The van der Waals surface area contributed by atoms with Crippen LogP contribution >= 0.6 is 11.6 Å². The molecule has 2 atom stereocenters. The van der Waals surface area contributed by atoms with E-state index in [0.717, 1.165) is 12.1 Å². The van der Waals surface area contributed by atoms with Crippen LogP contribution in [-0.4, -0.2) is 48.3 Å². The van der Waals surface area contributed by atoms with Gasteiger partial charge in [-0.05, 0) is 36.4 Å². The Morgan fingerprint density at radius 2 is 2.09 bits per heavy atom. The lowest BCUT2D eigenvalue weighted by atomic mass is 9.83. The first-order chi connectivity index (χ1) is 16.8. The molecule has 0 saturated carbocycles. The van der Waals surface area contributed by atoms with Crippen LogP contribution in [0, 0.1) is 11.6 Å². The number of ether oxygens (including phenoxy) is 2. The molecule has 4 heterocycles. The lowest BCUT2D eigenvalue weighted by Gasteiger charge is -2.43. The Kier molecular flexibility index (Phi) is 5.76. The van der Waals surface area contributed by atoms with E-state index in [1.165, 1.54) is 25.4 Å².